The lowest BCUT2D eigenvalue weighted by atomic mass is 10.2. The van der Waals surface area contributed by atoms with Gasteiger partial charge >= 0.3 is 0 Å². The lowest BCUT2D eigenvalue weighted by Crippen LogP contribution is -2.29. The van der Waals surface area contributed by atoms with Crippen LogP contribution in [0.1, 0.15) is 21.7 Å². The van der Waals surface area contributed by atoms with E-state index >= 15 is 0 Å². The maximum atomic E-state index is 11.3. The number of hydrogen-bond donors (Lipinski definition) is 2. The van der Waals surface area contributed by atoms with E-state index in [0.29, 0.717) is 11.3 Å². The van der Waals surface area contributed by atoms with Gasteiger partial charge < -0.3 is 4.42 Å². The molecule has 0 aliphatic carbocycles. The van der Waals surface area contributed by atoms with Crippen LogP contribution in [-0.4, -0.2) is 5.91 Å². The molecule has 1 heterocycles. The summed E-state index contributed by atoms with van der Waals surface area (Å²) >= 11 is 1.68. The molecule has 94 valence electrons. The lowest BCUT2D eigenvalue weighted by Gasteiger charge is -2.02. The van der Waals surface area contributed by atoms with E-state index in [4.69, 9.17) is 10.3 Å². The smallest absolute Gasteiger partial charge is 0.268 e. The number of amides is 1. The molecule has 1 aromatic carbocycles. The van der Waals surface area contributed by atoms with Crippen molar-refractivity contribution in [2.24, 2.45) is 5.84 Å². The third-order valence-electron chi connectivity index (χ3n) is 2.51. The van der Waals surface area contributed by atoms with Crippen LogP contribution in [-0.2, 0) is 5.75 Å². The van der Waals surface area contributed by atoms with Gasteiger partial charge in [0.25, 0.3) is 5.91 Å². The molecule has 0 atom stereocenters. The highest BCUT2D eigenvalue weighted by molar-refractivity contribution is 7.98. The fourth-order valence-corrected chi connectivity index (χ4v) is 2.45. The molecule has 0 aliphatic heterocycles. The van der Waals surface area contributed by atoms with Gasteiger partial charge in [0.1, 0.15) is 12.0 Å². The van der Waals surface area contributed by atoms with Gasteiger partial charge in [-0.15, -0.1) is 11.8 Å². The number of aryl methyl sites for hydroxylation is 1. The van der Waals surface area contributed by atoms with Crippen LogP contribution >= 0.6 is 11.8 Å². The van der Waals surface area contributed by atoms with Crippen molar-refractivity contribution < 1.29 is 9.21 Å². The fourth-order valence-electron chi connectivity index (χ4n) is 1.53. The van der Waals surface area contributed by atoms with Crippen molar-refractivity contribution in [2.75, 3.05) is 0 Å². The minimum atomic E-state index is -0.342. The van der Waals surface area contributed by atoms with Crippen molar-refractivity contribution in [2.45, 2.75) is 17.6 Å². The van der Waals surface area contributed by atoms with Crippen molar-refractivity contribution in [3.05, 3.63) is 53.5 Å². The summed E-state index contributed by atoms with van der Waals surface area (Å²) in [4.78, 5) is 12.5. The van der Waals surface area contributed by atoms with Gasteiger partial charge in [-0.05, 0) is 24.6 Å². The van der Waals surface area contributed by atoms with E-state index in [1.54, 1.807) is 17.8 Å². The molecule has 0 bridgehead atoms. The molecule has 1 amide bonds. The number of thioether (sulfide) groups is 1. The van der Waals surface area contributed by atoms with E-state index in [-0.39, 0.29) is 5.91 Å². The molecule has 0 saturated carbocycles. The van der Waals surface area contributed by atoms with Crippen LogP contribution in [0, 0.1) is 6.92 Å². The van der Waals surface area contributed by atoms with Crippen LogP contribution in [0.4, 0.5) is 0 Å². The quantitative estimate of drug-likeness (QED) is 0.384. The van der Waals surface area contributed by atoms with Crippen molar-refractivity contribution in [3.63, 3.8) is 0 Å². The Hall–Kier alpha value is -1.72. The lowest BCUT2D eigenvalue weighted by molar-refractivity contribution is 0.0953. The monoisotopic (exact) mass is 262 g/mol. The SMILES string of the molecule is Cc1ccccc1SCc1cc(C(=O)NN)co1. The normalized spacial score (nSPS) is 10.3. The molecule has 0 spiro atoms. The molecule has 5 heteroatoms. The largest absolute Gasteiger partial charge is 0.468 e. The molecule has 0 saturated heterocycles. The predicted molar refractivity (Wildman–Crippen MR) is 71.1 cm³/mol. The summed E-state index contributed by atoms with van der Waals surface area (Å²) in [6.45, 7) is 2.07. The Labute approximate surface area is 110 Å². The fraction of sp³-hybridized carbons (Fsp3) is 0.154. The molecule has 2 rings (SSSR count). The van der Waals surface area contributed by atoms with Gasteiger partial charge in [-0.2, -0.15) is 0 Å². The Balaban J connectivity index is 2.01. The Morgan fingerprint density at radius 1 is 1.44 bits per heavy atom. The number of nitrogens with two attached hydrogens (primary N) is 1. The zero-order chi connectivity index (χ0) is 13.0. The third kappa shape index (κ3) is 2.94. The molecule has 3 N–H and O–H groups in total. The van der Waals surface area contributed by atoms with Gasteiger partial charge in [0.2, 0.25) is 0 Å². The minimum absolute atomic E-state index is 0.342. The van der Waals surface area contributed by atoms with E-state index in [2.05, 4.69) is 24.5 Å². The Bertz CT molecular complexity index is 551. The van der Waals surface area contributed by atoms with E-state index < -0.39 is 0 Å². The van der Waals surface area contributed by atoms with E-state index in [9.17, 15) is 4.79 Å². The molecule has 2 aromatic rings. The second-order valence-corrected chi connectivity index (χ2v) is 4.85. The zero-order valence-corrected chi connectivity index (χ0v) is 10.8. The number of nitrogen functional groups attached to an aromatic ring is 1. The van der Waals surface area contributed by atoms with Crippen LogP contribution in [0.25, 0.3) is 0 Å². The molecule has 1 aromatic heterocycles. The average Bonchev–Trinajstić information content (AvgIpc) is 2.86. The number of hydrogen-bond acceptors (Lipinski definition) is 4. The topological polar surface area (TPSA) is 68.3 Å². The van der Waals surface area contributed by atoms with Crippen molar-refractivity contribution >= 4 is 17.7 Å². The Kier molecular flexibility index (Phi) is 4.07. The van der Waals surface area contributed by atoms with Crippen LogP contribution in [0.5, 0.6) is 0 Å². The van der Waals surface area contributed by atoms with Crippen LogP contribution < -0.4 is 11.3 Å². The highest BCUT2D eigenvalue weighted by Gasteiger charge is 2.09. The van der Waals surface area contributed by atoms with E-state index in [0.717, 1.165) is 5.76 Å². The molecule has 0 fully saturated rings. The van der Waals surface area contributed by atoms with Gasteiger partial charge in [-0.3, -0.25) is 10.2 Å². The predicted octanol–water partition coefficient (Wildman–Crippen LogP) is 2.48. The summed E-state index contributed by atoms with van der Waals surface area (Å²) in [5.41, 5.74) is 3.74. The van der Waals surface area contributed by atoms with E-state index in [1.807, 2.05) is 12.1 Å². The Morgan fingerprint density at radius 2 is 2.22 bits per heavy atom. The number of furan rings is 1. The molecule has 18 heavy (non-hydrogen) atoms. The molecule has 4 nitrogen and oxygen atoms in total. The number of nitrogens with one attached hydrogen (secondary N) is 1. The van der Waals surface area contributed by atoms with Crippen LogP contribution in [0.3, 0.4) is 0 Å². The summed E-state index contributed by atoms with van der Waals surface area (Å²) < 4.78 is 5.31. The third-order valence-corrected chi connectivity index (χ3v) is 3.71. The first-order chi connectivity index (χ1) is 8.70. The van der Waals surface area contributed by atoms with Crippen molar-refractivity contribution in [1.29, 1.82) is 0 Å². The first-order valence-corrected chi connectivity index (χ1v) is 6.46. The summed E-state index contributed by atoms with van der Waals surface area (Å²) in [5.74, 6) is 6.14. The maximum absolute atomic E-state index is 11.3. The Morgan fingerprint density at radius 3 is 2.94 bits per heavy atom. The first kappa shape index (κ1) is 12.7. The second kappa shape index (κ2) is 5.75. The number of benzene rings is 1. The molecular formula is C13H14N2O2S. The molecule has 0 aliphatic rings. The molecule has 0 unspecified atom stereocenters. The minimum Gasteiger partial charge on any atom is -0.468 e. The summed E-state index contributed by atoms with van der Waals surface area (Å²) in [6.07, 6.45) is 1.41. The number of carbonyl (C=O) groups is 1. The first-order valence-electron chi connectivity index (χ1n) is 5.47. The standard InChI is InChI=1S/C13H14N2O2S/c1-9-4-2-3-5-12(9)18-8-11-6-10(7-17-11)13(16)15-14/h2-7H,8,14H2,1H3,(H,15,16). The molecular weight excluding hydrogens is 248 g/mol. The molecule has 0 radical (unpaired) electrons. The van der Waals surface area contributed by atoms with E-state index in [1.165, 1.54) is 16.7 Å². The number of hydrazine groups is 1. The summed E-state index contributed by atoms with van der Waals surface area (Å²) in [6, 6.07) is 9.85. The highest BCUT2D eigenvalue weighted by Crippen LogP contribution is 2.26. The van der Waals surface area contributed by atoms with Crippen LogP contribution in [0.2, 0.25) is 0 Å². The van der Waals surface area contributed by atoms with Gasteiger partial charge in [0.05, 0.1) is 11.3 Å². The summed E-state index contributed by atoms with van der Waals surface area (Å²) in [7, 11) is 0. The van der Waals surface area contributed by atoms with Gasteiger partial charge in [-0.1, -0.05) is 18.2 Å². The van der Waals surface area contributed by atoms with Gasteiger partial charge in [0, 0.05) is 4.90 Å². The highest BCUT2D eigenvalue weighted by atomic mass is 32.2. The zero-order valence-electron chi connectivity index (χ0n) is 9.97. The van der Waals surface area contributed by atoms with Crippen LogP contribution in [0.15, 0.2) is 45.9 Å². The van der Waals surface area contributed by atoms with Gasteiger partial charge in [-0.25, -0.2) is 5.84 Å². The number of rotatable bonds is 4. The summed E-state index contributed by atoms with van der Waals surface area (Å²) in [5, 5.41) is 0. The number of carbonyl (C=O) groups excluding carboxylic acids is 1. The van der Waals surface area contributed by atoms with Crippen molar-refractivity contribution in [3.8, 4) is 0 Å². The van der Waals surface area contributed by atoms with Gasteiger partial charge in [0.15, 0.2) is 0 Å². The second-order valence-electron chi connectivity index (χ2n) is 3.83. The van der Waals surface area contributed by atoms with Crippen molar-refractivity contribution in [1.82, 2.24) is 5.43 Å². The average molecular weight is 262 g/mol. The maximum Gasteiger partial charge on any atom is 0.268 e.